The van der Waals surface area contributed by atoms with Gasteiger partial charge in [0, 0.05) is 24.1 Å². The van der Waals surface area contributed by atoms with Crippen molar-refractivity contribution < 1.29 is 38.1 Å². The summed E-state index contributed by atoms with van der Waals surface area (Å²) in [6, 6.07) is 10.4. The summed E-state index contributed by atoms with van der Waals surface area (Å²) in [6.45, 7) is 4.64. The van der Waals surface area contributed by atoms with Gasteiger partial charge >= 0.3 is 18.0 Å². The summed E-state index contributed by atoms with van der Waals surface area (Å²) >= 11 is 1.23. The van der Waals surface area contributed by atoms with Gasteiger partial charge in [-0.25, -0.2) is 18.8 Å². The number of rotatable bonds is 8. The van der Waals surface area contributed by atoms with Gasteiger partial charge in [-0.2, -0.15) is 0 Å². The number of urea groups is 1. The fraction of sp³-hybridized carbons (Fsp3) is 0.385. The molecule has 1 aliphatic heterocycles. The number of methoxy groups -OCH3 is 1. The predicted molar refractivity (Wildman–Crippen MR) is 139 cm³/mol. The van der Waals surface area contributed by atoms with Gasteiger partial charge in [-0.1, -0.05) is 30.3 Å². The number of benzene rings is 2. The Bertz CT molecular complexity index is 1200. The number of carboxylic acid groups (broad SMARTS) is 1. The number of aliphatic carboxylic acids is 1. The Balaban J connectivity index is 1.73. The minimum absolute atomic E-state index is 0.197. The number of halogens is 1. The van der Waals surface area contributed by atoms with Crippen LogP contribution in [0.2, 0.25) is 0 Å². The van der Waals surface area contributed by atoms with E-state index in [2.05, 4.69) is 10.6 Å². The first-order valence-electron chi connectivity index (χ1n) is 11.7. The van der Waals surface area contributed by atoms with Gasteiger partial charge in [0.1, 0.15) is 22.8 Å². The van der Waals surface area contributed by atoms with E-state index in [-0.39, 0.29) is 17.0 Å². The molecule has 0 spiro atoms. The first kappa shape index (κ1) is 28.9. The number of carbonyl (C=O) groups excluding carboxylic acids is 3. The van der Waals surface area contributed by atoms with Crippen LogP contribution in [0.4, 0.5) is 14.9 Å². The third-order valence-electron chi connectivity index (χ3n) is 5.45. The number of hydrogen-bond acceptors (Lipinski definition) is 7. The smallest absolute Gasteiger partial charge is 0.337 e. The average molecular weight is 548 g/mol. The molecule has 2 aromatic carbocycles. The molecule has 3 rings (SSSR count). The van der Waals surface area contributed by atoms with Crippen LogP contribution in [-0.2, 0) is 23.9 Å². The topological polar surface area (TPSA) is 134 Å². The van der Waals surface area contributed by atoms with Crippen molar-refractivity contribution in [3.8, 4) is 0 Å². The number of carbonyl (C=O) groups is 4. The van der Waals surface area contributed by atoms with E-state index in [1.165, 1.54) is 42.0 Å². The third-order valence-corrected chi connectivity index (χ3v) is 6.75. The van der Waals surface area contributed by atoms with E-state index in [1.807, 2.05) is 0 Å². The molecule has 204 valence electrons. The zero-order chi connectivity index (χ0) is 28.0. The van der Waals surface area contributed by atoms with E-state index in [0.717, 1.165) is 0 Å². The predicted octanol–water partition coefficient (Wildman–Crippen LogP) is 3.70. The standard InChI is InChI=1S/C26H30FN3O7S/c1-26(2,3)37-24(34)19-14-38-22(17-10-5-6-11-18(17)27)30(19)20(31)13-28-25(35)29-16-9-7-8-15(12-16)21(36-4)23(32)33/h5-12,19,21-22H,13-14H2,1-4H3,(H,32,33)(H2,28,29,35)/t19-,21-,22+/m0/s1. The van der Waals surface area contributed by atoms with Crippen molar-refractivity contribution in [1.82, 2.24) is 10.2 Å². The van der Waals surface area contributed by atoms with Gasteiger partial charge in [-0.3, -0.25) is 4.79 Å². The van der Waals surface area contributed by atoms with Gasteiger partial charge in [0.25, 0.3) is 0 Å². The highest BCUT2D eigenvalue weighted by molar-refractivity contribution is 7.99. The van der Waals surface area contributed by atoms with E-state index in [4.69, 9.17) is 9.47 Å². The third kappa shape index (κ3) is 7.23. The van der Waals surface area contributed by atoms with Crippen LogP contribution in [0.3, 0.4) is 0 Å². The Hall–Kier alpha value is -3.64. The second kappa shape index (κ2) is 12.3. The Labute approximate surface area is 223 Å². The van der Waals surface area contributed by atoms with Crippen LogP contribution in [0.1, 0.15) is 43.4 Å². The number of nitrogens with zero attached hydrogens (tertiary/aromatic N) is 1. The molecule has 0 saturated carbocycles. The molecule has 10 nitrogen and oxygen atoms in total. The van der Waals surface area contributed by atoms with E-state index in [1.54, 1.807) is 51.1 Å². The zero-order valence-corrected chi connectivity index (χ0v) is 22.2. The molecule has 3 atom stereocenters. The normalized spacial score (nSPS) is 18.0. The molecular weight excluding hydrogens is 517 g/mol. The molecule has 1 aliphatic rings. The van der Waals surface area contributed by atoms with Crippen LogP contribution >= 0.6 is 11.8 Å². The summed E-state index contributed by atoms with van der Waals surface area (Å²) in [6.07, 6.45) is -1.21. The minimum atomic E-state index is -1.21. The summed E-state index contributed by atoms with van der Waals surface area (Å²) in [4.78, 5) is 51.3. The first-order valence-corrected chi connectivity index (χ1v) is 12.8. The lowest BCUT2D eigenvalue weighted by Crippen LogP contribution is -2.49. The van der Waals surface area contributed by atoms with Crippen LogP contribution in [0, 0.1) is 5.82 Å². The molecule has 1 fully saturated rings. The summed E-state index contributed by atoms with van der Waals surface area (Å²) in [5, 5.41) is 13.5. The highest BCUT2D eigenvalue weighted by Gasteiger charge is 2.44. The summed E-state index contributed by atoms with van der Waals surface area (Å²) in [5.74, 6) is -2.73. The fourth-order valence-electron chi connectivity index (χ4n) is 3.86. The summed E-state index contributed by atoms with van der Waals surface area (Å²) < 4.78 is 25.1. The van der Waals surface area contributed by atoms with Gasteiger partial charge in [0.2, 0.25) is 5.91 Å². The Morgan fingerprint density at radius 2 is 1.87 bits per heavy atom. The second-order valence-electron chi connectivity index (χ2n) is 9.44. The average Bonchev–Trinajstić information content (AvgIpc) is 3.27. The van der Waals surface area contributed by atoms with Crippen molar-refractivity contribution in [2.24, 2.45) is 0 Å². The van der Waals surface area contributed by atoms with Crippen LogP contribution in [0.15, 0.2) is 48.5 Å². The van der Waals surface area contributed by atoms with Crippen molar-refractivity contribution in [2.45, 2.75) is 43.9 Å². The number of thioether (sulfide) groups is 1. The van der Waals surface area contributed by atoms with Gasteiger partial charge in [0.15, 0.2) is 6.10 Å². The molecular formula is C26H30FN3O7S. The van der Waals surface area contributed by atoms with Crippen molar-refractivity contribution in [1.29, 1.82) is 0 Å². The highest BCUT2D eigenvalue weighted by atomic mass is 32.2. The SMILES string of the molecule is CO[C@H](C(=O)O)c1cccc(NC(=O)NCC(=O)N2[C@@H](c3ccccc3F)SC[C@H]2C(=O)OC(C)(C)C)c1. The van der Waals surface area contributed by atoms with Crippen molar-refractivity contribution in [3.05, 3.63) is 65.5 Å². The maximum absolute atomic E-state index is 14.6. The van der Waals surface area contributed by atoms with Crippen LogP contribution in [0.25, 0.3) is 0 Å². The fourth-order valence-corrected chi connectivity index (χ4v) is 5.32. The molecule has 3 amide bonds. The van der Waals surface area contributed by atoms with Crippen LogP contribution in [0.5, 0.6) is 0 Å². The Morgan fingerprint density at radius 1 is 1.16 bits per heavy atom. The summed E-state index contributed by atoms with van der Waals surface area (Å²) in [5.41, 5.74) is 0.0466. The number of amides is 3. The van der Waals surface area contributed by atoms with E-state index in [0.29, 0.717) is 5.56 Å². The molecule has 3 N–H and O–H groups in total. The number of hydrogen-bond donors (Lipinski definition) is 3. The first-order chi connectivity index (χ1) is 17.9. The molecule has 38 heavy (non-hydrogen) atoms. The van der Waals surface area contributed by atoms with Gasteiger partial charge < -0.3 is 30.1 Å². The largest absolute Gasteiger partial charge is 0.479 e. The number of ether oxygens (including phenoxy) is 2. The van der Waals surface area contributed by atoms with E-state index in [9.17, 15) is 28.7 Å². The van der Waals surface area contributed by atoms with Crippen molar-refractivity contribution in [2.75, 3.05) is 24.7 Å². The molecule has 0 radical (unpaired) electrons. The quantitative estimate of drug-likeness (QED) is 0.426. The summed E-state index contributed by atoms with van der Waals surface area (Å²) in [7, 11) is 1.26. The van der Waals surface area contributed by atoms with Crippen LogP contribution in [-0.4, -0.2) is 64.9 Å². The maximum Gasteiger partial charge on any atom is 0.337 e. The van der Waals surface area contributed by atoms with E-state index >= 15 is 0 Å². The van der Waals surface area contributed by atoms with Crippen molar-refractivity contribution in [3.63, 3.8) is 0 Å². The Morgan fingerprint density at radius 3 is 2.50 bits per heavy atom. The number of esters is 1. The number of carboxylic acids is 1. The number of nitrogens with one attached hydrogen (secondary N) is 2. The number of anilines is 1. The second-order valence-corrected chi connectivity index (χ2v) is 10.6. The van der Waals surface area contributed by atoms with E-state index < -0.39 is 59.4 Å². The zero-order valence-electron chi connectivity index (χ0n) is 21.4. The Kier molecular flexibility index (Phi) is 9.34. The maximum atomic E-state index is 14.6. The van der Waals surface area contributed by atoms with Gasteiger partial charge in [0.05, 0.1) is 6.54 Å². The lowest BCUT2D eigenvalue weighted by atomic mass is 10.1. The molecule has 1 heterocycles. The van der Waals surface area contributed by atoms with Crippen LogP contribution < -0.4 is 10.6 Å². The molecule has 2 aromatic rings. The monoisotopic (exact) mass is 547 g/mol. The highest BCUT2D eigenvalue weighted by Crippen LogP contribution is 2.42. The molecule has 0 aliphatic carbocycles. The molecule has 0 unspecified atom stereocenters. The van der Waals surface area contributed by atoms with Gasteiger partial charge in [-0.15, -0.1) is 11.8 Å². The molecule has 0 bridgehead atoms. The minimum Gasteiger partial charge on any atom is -0.479 e. The molecule has 1 saturated heterocycles. The lowest BCUT2D eigenvalue weighted by molar-refractivity contribution is -0.163. The molecule has 0 aromatic heterocycles. The molecule has 12 heteroatoms. The van der Waals surface area contributed by atoms with Crippen molar-refractivity contribution >= 4 is 41.3 Å². The lowest BCUT2D eigenvalue weighted by Gasteiger charge is -2.30. The van der Waals surface area contributed by atoms with Gasteiger partial charge in [-0.05, 0) is 44.5 Å².